The van der Waals surface area contributed by atoms with Crippen molar-refractivity contribution in [3.8, 4) is 5.75 Å². The van der Waals surface area contributed by atoms with Crippen molar-refractivity contribution in [3.63, 3.8) is 0 Å². The number of ether oxygens (including phenoxy) is 1. The van der Waals surface area contributed by atoms with Crippen LogP contribution in [0.4, 0.5) is 0 Å². The van der Waals surface area contributed by atoms with E-state index in [4.69, 9.17) is 4.74 Å². The number of fused-ring (bicyclic) bond motifs is 2. The second-order valence-corrected chi connectivity index (χ2v) is 11.3. The fourth-order valence-corrected chi connectivity index (χ4v) is 5.33. The van der Waals surface area contributed by atoms with Crippen LogP contribution in [-0.2, 0) is 27.2 Å². The predicted octanol–water partition coefficient (Wildman–Crippen LogP) is 3.91. The lowest BCUT2D eigenvalue weighted by Crippen LogP contribution is -2.58. The van der Waals surface area contributed by atoms with Crippen LogP contribution < -0.4 is 26.0 Å². The molecule has 42 heavy (non-hydrogen) atoms. The average Bonchev–Trinajstić information content (AvgIpc) is 2.99. The van der Waals surface area contributed by atoms with E-state index < -0.39 is 18.1 Å². The van der Waals surface area contributed by atoms with Crippen LogP contribution in [-0.4, -0.2) is 55.5 Å². The quantitative estimate of drug-likeness (QED) is 0.371. The smallest absolute Gasteiger partial charge is 0.243 e. The maximum absolute atomic E-state index is 13.7. The molecule has 3 aromatic rings. The SMILES string of the molecule is CCC[C@@H]1NC(=O)[C@@H](C(C)C)NC(=O)[C@@H](Cc2ccc3ccccc3c2)NCCOc2ccccc2CCCNC1=O. The summed E-state index contributed by atoms with van der Waals surface area (Å²) in [4.78, 5) is 40.2. The summed E-state index contributed by atoms with van der Waals surface area (Å²) in [6.07, 6.45) is 3.19. The summed E-state index contributed by atoms with van der Waals surface area (Å²) in [6.45, 7) is 7.08. The Morgan fingerprint density at radius 2 is 1.60 bits per heavy atom. The van der Waals surface area contributed by atoms with Crippen LogP contribution >= 0.6 is 0 Å². The Morgan fingerprint density at radius 3 is 2.38 bits per heavy atom. The summed E-state index contributed by atoms with van der Waals surface area (Å²) in [5.41, 5.74) is 2.08. The Balaban J connectivity index is 1.59. The van der Waals surface area contributed by atoms with Gasteiger partial charge >= 0.3 is 0 Å². The molecule has 8 heteroatoms. The van der Waals surface area contributed by atoms with Gasteiger partial charge in [-0.05, 0) is 59.6 Å². The number of hydrogen-bond acceptors (Lipinski definition) is 5. The van der Waals surface area contributed by atoms with Crippen molar-refractivity contribution in [1.82, 2.24) is 21.3 Å². The van der Waals surface area contributed by atoms with Gasteiger partial charge in [0.2, 0.25) is 17.7 Å². The molecular weight excluding hydrogens is 528 g/mol. The van der Waals surface area contributed by atoms with Gasteiger partial charge in [-0.1, -0.05) is 87.9 Å². The van der Waals surface area contributed by atoms with Gasteiger partial charge in [-0.3, -0.25) is 14.4 Å². The van der Waals surface area contributed by atoms with Gasteiger partial charge in [-0.2, -0.15) is 0 Å². The molecule has 1 aliphatic heterocycles. The lowest BCUT2D eigenvalue weighted by Gasteiger charge is -2.27. The summed E-state index contributed by atoms with van der Waals surface area (Å²) >= 11 is 0. The number of aryl methyl sites for hydroxylation is 1. The molecule has 0 saturated heterocycles. The summed E-state index contributed by atoms with van der Waals surface area (Å²) in [5, 5.41) is 14.5. The van der Waals surface area contributed by atoms with Crippen molar-refractivity contribution in [2.24, 2.45) is 5.92 Å². The van der Waals surface area contributed by atoms with E-state index in [1.54, 1.807) is 0 Å². The number of amides is 3. The largest absolute Gasteiger partial charge is 0.492 e. The van der Waals surface area contributed by atoms with E-state index in [0.29, 0.717) is 32.5 Å². The predicted molar refractivity (Wildman–Crippen MR) is 166 cm³/mol. The van der Waals surface area contributed by atoms with E-state index in [1.165, 1.54) is 0 Å². The molecule has 8 nitrogen and oxygen atoms in total. The first-order valence-electron chi connectivity index (χ1n) is 15.2. The molecule has 0 saturated carbocycles. The molecule has 0 aliphatic carbocycles. The number of nitrogens with one attached hydrogen (secondary N) is 4. The van der Waals surface area contributed by atoms with Gasteiger partial charge in [0.15, 0.2) is 0 Å². The standard InChI is InChI=1S/C34H44N4O4/c1-4-10-28-32(39)36-18-9-14-26-12-7-8-15-30(26)42-20-19-35-29(33(40)38-31(23(2)3)34(41)37-28)22-24-16-17-25-11-5-6-13-27(25)21-24/h5-8,11-13,15-17,21,23,28-29,31,35H,4,9-10,14,18-20,22H2,1-3H3,(H,36,39)(H,37,41)(H,38,40)/t28-,29+,31+/m0/s1. The minimum atomic E-state index is -0.785. The molecule has 4 rings (SSSR count). The van der Waals surface area contributed by atoms with Crippen LogP contribution in [0, 0.1) is 5.92 Å². The zero-order chi connectivity index (χ0) is 29.9. The third kappa shape index (κ3) is 8.55. The molecule has 0 bridgehead atoms. The Kier molecular flexibility index (Phi) is 11.3. The Bertz CT molecular complexity index is 1360. The van der Waals surface area contributed by atoms with Gasteiger partial charge < -0.3 is 26.0 Å². The molecule has 1 heterocycles. The molecule has 0 aromatic heterocycles. The second kappa shape index (κ2) is 15.4. The van der Waals surface area contributed by atoms with Crippen molar-refractivity contribution in [3.05, 3.63) is 77.9 Å². The monoisotopic (exact) mass is 572 g/mol. The maximum atomic E-state index is 13.7. The molecular formula is C34H44N4O4. The molecule has 0 fully saturated rings. The Morgan fingerprint density at radius 1 is 0.833 bits per heavy atom. The lowest BCUT2D eigenvalue weighted by molar-refractivity contribution is -0.133. The van der Waals surface area contributed by atoms with Crippen LogP contribution in [0.5, 0.6) is 5.75 Å². The maximum Gasteiger partial charge on any atom is 0.243 e. The first-order chi connectivity index (χ1) is 20.4. The minimum absolute atomic E-state index is 0.175. The fraction of sp³-hybridized carbons (Fsp3) is 0.441. The first-order valence-corrected chi connectivity index (χ1v) is 15.2. The highest BCUT2D eigenvalue weighted by Gasteiger charge is 2.30. The van der Waals surface area contributed by atoms with Crippen LogP contribution in [0.2, 0.25) is 0 Å². The Hall–Kier alpha value is -3.91. The Labute approximate surface area is 249 Å². The molecule has 0 spiro atoms. The van der Waals surface area contributed by atoms with Crippen molar-refractivity contribution < 1.29 is 19.1 Å². The molecule has 0 radical (unpaired) electrons. The van der Waals surface area contributed by atoms with Crippen LogP contribution in [0.1, 0.15) is 51.2 Å². The number of rotatable bonds is 5. The summed E-state index contributed by atoms with van der Waals surface area (Å²) in [6, 6.07) is 20.2. The molecule has 3 aromatic carbocycles. The number of hydrogen-bond donors (Lipinski definition) is 4. The summed E-state index contributed by atoms with van der Waals surface area (Å²) in [5.74, 6) is -0.199. The minimum Gasteiger partial charge on any atom is -0.492 e. The van der Waals surface area contributed by atoms with E-state index >= 15 is 0 Å². The van der Waals surface area contributed by atoms with Crippen molar-refractivity contribution in [2.45, 2.75) is 71.0 Å². The van der Waals surface area contributed by atoms with Gasteiger partial charge in [0.25, 0.3) is 0 Å². The van der Waals surface area contributed by atoms with Gasteiger partial charge in [0, 0.05) is 13.1 Å². The number of benzene rings is 3. The van der Waals surface area contributed by atoms with Gasteiger partial charge in [-0.25, -0.2) is 0 Å². The van der Waals surface area contributed by atoms with Gasteiger partial charge in [0.1, 0.15) is 24.4 Å². The molecule has 3 amide bonds. The third-order valence-electron chi connectivity index (χ3n) is 7.67. The van der Waals surface area contributed by atoms with E-state index in [1.807, 2.05) is 63.2 Å². The van der Waals surface area contributed by atoms with E-state index in [9.17, 15) is 14.4 Å². The van der Waals surface area contributed by atoms with Crippen molar-refractivity contribution in [2.75, 3.05) is 19.7 Å². The number of carbonyl (C=O) groups is 3. The summed E-state index contributed by atoms with van der Waals surface area (Å²) < 4.78 is 6.13. The third-order valence-corrected chi connectivity index (χ3v) is 7.67. The fourth-order valence-electron chi connectivity index (χ4n) is 5.33. The number of para-hydroxylation sites is 1. The molecule has 1 aliphatic rings. The normalized spacial score (nSPS) is 21.3. The van der Waals surface area contributed by atoms with E-state index in [2.05, 4.69) is 45.5 Å². The van der Waals surface area contributed by atoms with Crippen LogP contribution in [0.3, 0.4) is 0 Å². The van der Waals surface area contributed by atoms with E-state index in [-0.39, 0.29) is 23.6 Å². The molecule has 0 unspecified atom stereocenters. The first kappa shape index (κ1) is 31.0. The highest BCUT2D eigenvalue weighted by Crippen LogP contribution is 2.20. The van der Waals surface area contributed by atoms with Crippen LogP contribution in [0.15, 0.2) is 66.7 Å². The zero-order valence-electron chi connectivity index (χ0n) is 25.0. The topological polar surface area (TPSA) is 109 Å². The second-order valence-electron chi connectivity index (χ2n) is 11.3. The highest BCUT2D eigenvalue weighted by molar-refractivity contribution is 5.93. The highest BCUT2D eigenvalue weighted by atomic mass is 16.5. The molecule has 224 valence electrons. The zero-order valence-corrected chi connectivity index (χ0v) is 25.0. The van der Waals surface area contributed by atoms with Crippen molar-refractivity contribution in [1.29, 1.82) is 0 Å². The number of carbonyl (C=O) groups excluding carboxylic acids is 3. The molecule has 3 atom stereocenters. The lowest BCUT2D eigenvalue weighted by atomic mass is 9.99. The summed E-state index contributed by atoms with van der Waals surface area (Å²) in [7, 11) is 0. The van der Waals surface area contributed by atoms with Crippen LogP contribution in [0.25, 0.3) is 10.8 Å². The van der Waals surface area contributed by atoms with Gasteiger partial charge in [-0.15, -0.1) is 0 Å². The van der Waals surface area contributed by atoms with Gasteiger partial charge in [0.05, 0.1) is 6.04 Å². The van der Waals surface area contributed by atoms with E-state index in [0.717, 1.165) is 46.9 Å². The molecule has 4 N–H and O–H groups in total. The average molecular weight is 573 g/mol. The van der Waals surface area contributed by atoms with Crippen molar-refractivity contribution >= 4 is 28.5 Å².